The van der Waals surface area contributed by atoms with Gasteiger partial charge in [0.1, 0.15) is 0 Å². The van der Waals surface area contributed by atoms with Gasteiger partial charge in [-0.3, -0.25) is 0 Å². The van der Waals surface area contributed by atoms with Gasteiger partial charge in [0.15, 0.2) is 0 Å². The van der Waals surface area contributed by atoms with E-state index < -0.39 is 0 Å². The second-order valence-electron chi connectivity index (χ2n) is 4.01. The summed E-state index contributed by atoms with van der Waals surface area (Å²) in [5.74, 6) is 1.18. The SMILES string of the molecule is OCc1cnc(-n2ccc(C3CC3)n2)nc1. The molecular weight excluding hydrogens is 204 g/mol. The Morgan fingerprint density at radius 3 is 2.69 bits per heavy atom. The van der Waals surface area contributed by atoms with E-state index in [0.29, 0.717) is 17.4 Å². The molecule has 0 amide bonds. The summed E-state index contributed by atoms with van der Waals surface area (Å²) in [5, 5.41) is 13.3. The Kier molecular flexibility index (Phi) is 2.18. The molecule has 16 heavy (non-hydrogen) atoms. The minimum atomic E-state index is -0.0350. The van der Waals surface area contributed by atoms with Crippen LogP contribution in [0.1, 0.15) is 30.0 Å². The third kappa shape index (κ3) is 1.69. The second-order valence-corrected chi connectivity index (χ2v) is 4.01. The first-order valence-corrected chi connectivity index (χ1v) is 5.34. The summed E-state index contributed by atoms with van der Waals surface area (Å²) in [6, 6.07) is 2.01. The van der Waals surface area contributed by atoms with Gasteiger partial charge in [-0.15, -0.1) is 0 Å². The highest BCUT2D eigenvalue weighted by Gasteiger charge is 2.26. The zero-order chi connectivity index (χ0) is 11.0. The molecule has 2 heterocycles. The van der Waals surface area contributed by atoms with E-state index in [1.54, 1.807) is 17.1 Å². The summed E-state index contributed by atoms with van der Waals surface area (Å²) >= 11 is 0. The Balaban J connectivity index is 1.88. The molecule has 1 fully saturated rings. The normalized spacial score (nSPS) is 15.3. The molecule has 1 saturated carbocycles. The highest BCUT2D eigenvalue weighted by molar-refractivity contribution is 5.18. The summed E-state index contributed by atoms with van der Waals surface area (Å²) in [5.41, 5.74) is 1.83. The van der Waals surface area contributed by atoms with Gasteiger partial charge in [-0.05, 0) is 18.9 Å². The van der Waals surface area contributed by atoms with Crippen LogP contribution in [0.15, 0.2) is 24.7 Å². The van der Waals surface area contributed by atoms with E-state index in [4.69, 9.17) is 5.11 Å². The highest BCUT2D eigenvalue weighted by atomic mass is 16.3. The average molecular weight is 216 g/mol. The van der Waals surface area contributed by atoms with E-state index in [1.807, 2.05) is 12.3 Å². The van der Waals surface area contributed by atoms with Crippen molar-refractivity contribution in [2.24, 2.45) is 0 Å². The van der Waals surface area contributed by atoms with Crippen molar-refractivity contribution >= 4 is 0 Å². The maximum absolute atomic E-state index is 8.88. The standard InChI is InChI=1S/C11H12N4O/c16-7-8-5-12-11(13-6-8)15-4-3-10(14-15)9-1-2-9/h3-6,9,16H,1-2,7H2. The van der Waals surface area contributed by atoms with E-state index in [9.17, 15) is 0 Å². The number of rotatable bonds is 3. The molecule has 5 heteroatoms. The van der Waals surface area contributed by atoms with E-state index in [-0.39, 0.29) is 6.61 Å². The maximum Gasteiger partial charge on any atom is 0.250 e. The van der Waals surface area contributed by atoms with Crippen molar-refractivity contribution in [3.8, 4) is 5.95 Å². The van der Waals surface area contributed by atoms with Crippen molar-refractivity contribution in [3.63, 3.8) is 0 Å². The number of hydrogen-bond donors (Lipinski definition) is 1. The Hall–Kier alpha value is -1.75. The van der Waals surface area contributed by atoms with Gasteiger partial charge in [0, 0.05) is 30.1 Å². The lowest BCUT2D eigenvalue weighted by Crippen LogP contribution is -2.02. The lowest BCUT2D eigenvalue weighted by molar-refractivity contribution is 0.281. The molecule has 0 atom stereocenters. The second kappa shape index (κ2) is 3.68. The molecule has 0 unspecified atom stereocenters. The molecule has 1 N–H and O–H groups in total. The number of aliphatic hydroxyl groups excluding tert-OH is 1. The molecule has 0 aromatic carbocycles. The van der Waals surface area contributed by atoms with Crippen molar-refractivity contribution in [2.45, 2.75) is 25.4 Å². The first-order valence-electron chi connectivity index (χ1n) is 5.34. The molecule has 0 aliphatic heterocycles. The van der Waals surface area contributed by atoms with E-state index >= 15 is 0 Å². The monoisotopic (exact) mass is 216 g/mol. The van der Waals surface area contributed by atoms with Crippen LogP contribution in [0.2, 0.25) is 0 Å². The topological polar surface area (TPSA) is 63.8 Å². The molecule has 82 valence electrons. The van der Waals surface area contributed by atoms with Crippen molar-refractivity contribution in [2.75, 3.05) is 0 Å². The van der Waals surface area contributed by atoms with E-state index in [0.717, 1.165) is 5.69 Å². The van der Waals surface area contributed by atoms with Gasteiger partial charge in [0.25, 0.3) is 0 Å². The molecule has 1 aliphatic carbocycles. The van der Waals surface area contributed by atoms with Crippen LogP contribution in [0.25, 0.3) is 5.95 Å². The first-order chi connectivity index (χ1) is 7.86. The van der Waals surface area contributed by atoms with Crippen LogP contribution in [-0.4, -0.2) is 24.9 Å². The van der Waals surface area contributed by atoms with Gasteiger partial charge in [-0.1, -0.05) is 0 Å². The zero-order valence-electron chi connectivity index (χ0n) is 8.74. The minimum absolute atomic E-state index is 0.0350. The van der Waals surface area contributed by atoms with Crippen LogP contribution in [0.5, 0.6) is 0 Å². The fraction of sp³-hybridized carbons (Fsp3) is 0.364. The van der Waals surface area contributed by atoms with Gasteiger partial charge in [-0.25, -0.2) is 14.6 Å². The van der Waals surface area contributed by atoms with E-state index in [2.05, 4.69) is 15.1 Å². The molecule has 5 nitrogen and oxygen atoms in total. The lowest BCUT2D eigenvalue weighted by Gasteiger charge is -1.99. The zero-order valence-corrected chi connectivity index (χ0v) is 8.74. The third-order valence-corrected chi connectivity index (χ3v) is 2.68. The Morgan fingerprint density at radius 2 is 2.06 bits per heavy atom. The lowest BCUT2D eigenvalue weighted by atomic mass is 10.3. The highest BCUT2D eigenvalue weighted by Crippen LogP contribution is 2.38. The van der Waals surface area contributed by atoms with Crippen LogP contribution in [-0.2, 0) is 6.61 Å². The molecule has 0 spiro atoms. The molecule has 0 bridgehead atoms. The molecule has 3 rings (SSSR count). The van der Waals surface area contributed by atoms with Crippen LogP contribution in [0, 0.1) is 0 Å². The largest absolute Gasteiger partial charge is 0.392 e. The van der Waals surface area contributed by atoms with E-state index in [1.165, 1.54) is 12.8 Å². The van der Waals surface area contributed by atoms with Gasteiger partial charge >= 0.3 is 0 Å². The Labute approximate surface area is 92.8 Å². The van der Waals surface area contributed by atoms with Crippen LogP contribution >= 0.6 is 0 Å². The molecule has 0 radical (unpaired) electrons. The summed E-state index contributed by atoms with van der Waals surface area (Å²) < 4.78 is 1.68. The summed E-state index contributed by atoms with van der Waals surface area (Å²) in [6.07, 6.45) is 7.58. The van der Waals surface area contributed by atoms with Crippen molar-refractivity contribution in [1.29, 1.82) is 0 Å². The minimum Gasteiger partial charge on any atom is -0.392 e. The summed E-state index contributed by atoms with van der Waals surface area (Å²) in [7, 11) is 0. The van der Waals surface area contributed by atoms with Crippen LogP contribution in [0.4, 0.5) is 0 Å². The molecule has 2 aromatic heterocycles. The van der Waals surface area contributed by atoms with Gasteiger partial charge < -0.3 is 5.11 Å². The molecule has 1 aliphatic rings. The summed E-state index contributed by atoms with van der Waals surface area (Å²) in [6.45, 7) is -0.0350. The predicted molar refractivity (Wildman–Crippen MR) is 57.1 cm³/mol. The van der Waals surface area contributed by atoms with Crippen molar-refractivity contribution in [3.05, 3.63) is 35.9 Å². The first kappa shape index (κ1) is 9.47. The van der Waals surface area contributed by atoms with Crippen molar-refractivity contribution < 1.29 is 5.11 Å². The van der Waals surface area contributed by atoms with Gasteiger partial charge in [0.05, 0.1) is 12.3 Å². The maximum atomic E-state index is 8.88. The van der Waals surface area contributed by atoms with Crippen LogP contribution in [0.3, 0.4) is 0 Å². The quantitative estimate of drug-likeness (QED) is 0.832. The molecule has 0 saturated heterocycles. The average Bonchev–Trinajstić information content (AvgIpc) is 3.08. The predicted octanol–water partition coefficient (Wildman–Crippen LogP) is 1.03. The number of hydrogen-bond acceptors (Lipinski definition) is 4. The summed E-state index contributed by atoms with van der Waals surface area (Å²) in [4.78, 5) is 8.28. The Morgan fingerprint density at radius 1 is 1.31 bits per heavy atom. The molecular formula is C11H12N4O. The smallest absolute Gasteiger partial charge is 0.250 e. The van der Waals surface area contributed by atoms with Gasteiger partial charge in [0.2, 0.25) is 5.95 Å². The number of nitrogens with zero attached hydrogens (tertiary/aromatic N) is 4. The number of aromatic nitrogens is 4. The third-order valence-electron chi connectivity index (χ3n) is 2.68. The number of aliphatic hydroxyl groups is 1. The fourth-order valence-corrected chi connectivity index (χ4v) is 1.59. The van der Waals surface area contributed by atoms with Gasteiger partial charge in [-0.2, -0.15) is 5.10 Å². The fourth-order valence-electron chi connectivity index (χ4n) is 1.59. The van der Waals surface area contributed by atoms with Crippen molar-refractivity contribution in [1.82, 2.24) is 19.7 Å². The van der Waals surface area contributed by atoms with Crippen LogP contribution < -0.4 is 0 Å². The molecule has 2 aromatic rings. The Bertz CT molecular complexity index is 487.